The highest BCUT2D eigenvalue weighted by atomic mass is 127. The second kappa shape index (κ2) is 13.3. The van der Waals surface area contributed by atoms with Crippen molar-refractivity contribution in [2.24, 2.45) is 10.9 Å². The van der Waals surface area contributed by atoms with Crippen LogP contribution in [0.15, 0.2) is 21.8 Å². The van der Waals surface area contributed by atoms with Crippen molar-refractivity contribution in [2.45, 2.75) is 39.8 Å². The molecule has 8 heteroatoms. The fraction of sp³-hybridized carbons (Fsp3) is 0.625. The molecule has 0 fully saturated rings. The lowest BCUT2D eigenvalue weighted by Crippen LogP contribution is -2.47. The minimum Gasteiger partial charge on any atom is -0.450 e. The number of carbonyl (C=O) groups is 1. The van der Waals surface area contributed by atoms with E-state index in [0.29, 0.717) is 19.1 Å². The number of halogens is 1. The van der Waals surface area contributed by atoms with E-state index in [1.54, 1.807) is 25.3 Å². The van der Waals surface area contributed by atoms with Crippen molar-refractivity contribution in [3.63, 3.8) is 0 Å². The van der Waals surface area contributed by atoms with Crippen LogP contribution in [0.3, 0.4) is 0 Å². The minimum atomic E-state index is -0.374. The molecule has 1 unspecified atom stereocenters. The van der Waals surface area contributed by atoms with Gasteiger partial charge in [0.2, 0.25) is 0 Å². The van der Waals surface area contributed by atoms with Gasteiger partial charge >= 0.3 is 6.09 Å². The van der Waals surface area contributed by atoms with Gasteiger partial charge in [0, 0.05) is 26.2 Å². The number of rotatable bonds is 8. The molecule has 24 heavy (non-hydrogen) atoms. The maximum absolute atomic E-state index is 11.6. The first-order valence-electron chi connectivity index (χ1n) is 7.94. The van der Waals surface area contributed by atoms with Crippen LogP contribution in [-0.4, -0.2) is 38.3 Å². The molecule has 1 atom stereocenters. The second-order valence-corrected chi connectivity index (χ2v) is 6.41. The van der Waals surface area contributed by atoms with Gasteiger partial charge in [-0.15, -0.1) is 24.0 Å². The molecular weight excluding hydrogens is 439 g/mol. The first-order valence-corrected chi connectivity index (χ1v) is 8.88. The fourth-order valence-electron chi connectivity index (χ4n) is 2.12. The Kier molecular flexibility index (Phi) is 12.7. The lowest BCUT2D eigenvalue weighted by Gasteiger charge is -2.22. The van der Waals surface area contributed by atoms with Crippen molar-refractivity contribution in [3.8, 4) is 0 Å². The van der Waals surface area contributed by atoms with E-state index < -0.39 is 0 Å². The zero-order chi connectivity index (χ0) is 17.1. The van der Waals surface area contributed by atoms with Gasteiger partial charge in [0.05, 0.1) is 6.61 Å². The number of thiophene rings is 1. The van der Waals surface area contributed by atoms with Crippen molar-refractivity contribution < 1.29 is 9.53 Å². The number of alkyl carbamates (subject to hydrolysis) is 1. The van der Waals surface area contributed by atoms with Gasteiger partial charge in [-0.2, -0.15) is 11.3 Å². The Morgan fingerprint density at radius 2 is 2.12 bits per heavy atom. The van der Waals surface area contributed by atoms with E-state index in [-0.39, 0.29) is 36.1 Å². The summed E-state index contributed by atoms with van der Waals surface area (Å²) in [5.74, 6) is 1.19. The summed E-state index contributed by atoms with van der Waals surface area (Å²) >= 11 is 1.67. The zero-order valence-electron chi connectivity index (χ0n) is 14.8. The molecule has 0 spiro atoms. The SMILES string of the molecule is CCOC(=O)NC(CNC(=NC)NCc1ccsc1)CC(C)C.I. The van der Waals surface area contributed by atoms with Gasteiger partial charge in [-0.1, -0.05) is 13.8 Å². The quantitative estimate of drug-likeness (QED) is 0.311. The molecule has 0 radical (unpaired) electrons. The number of hydrogen-bond donors (Lipinski definition) is 3. The van der Waals surface area contributed by atoms with Gasteiger partial charge in [0.15, 0.2) is 5.96 Å². The van der Waals surface area contributed by atoms with E-state index in [1.165, 1.54) is 5.56 Å². The van der Waals surface area contributed by atoms with Crippen molar-refractivity contribution in [3.05, 3.63) is 22.4 Å². The summed E-state index contributed by atoms with van der Waals surface area (Å²) in [4.78, 5) is 15.8. The number of carbonyl (C=O) groups excluding carboxylic acids is 1. The van der Waals surface area contributed by atoms with Crippen LogP contribution in [-0.2, 0) is 11.3 Å². The number of nitrogens with zero attached hydrogens (tertiary/aromatic N) is 1. The van der Waals surface area contributed by atoms with Gasteiger partial charge in [-0.05, 0) is 41.7 Å². The summed E-state index contributed by atoms with van der Waals surface area (Å²) in [7, 11) is 1.74. The smallest absolute Gasteiger partial charge is 0.407 e. The molecular formula is C16H29IN4O2S. The fourth-order valence-corrected chi connectivity index (χ4v) is 2.79. The van der Waals surface area contributed by atoms with E-state index in [1.807, 2.05) is 0 Å². The number of nitrogens with one attached hydrogen (secondary N) is 3. The van der Waals surface area contributed by atoms with Gasteiger partial charge in [0.1, 0.15) is 0 Å². The monoisotopic (exact) mass is 468 g/mol. The van der Waals surface area contributed by atoms with Crippen molar-refractivity contribution in [2.75, 3.05) is 20.2 Å². The summed E-state index contributed by atoms with van der Waals surface area (Å²) in [5, 5.41) is 13.6. The van der Waals surface area contributed by atoms with Crippen LogP contribution in [0.1, 0.15) is 32.8 Å². The minimum absolute atomic E-state index is 0. The number of amides is 1. The third kappa shape index (κ3) is 9.96. The molecule has 1 heterocycles. The second-order valence-electron chi connectivity index (χ2n) is 5.63. The van der Waals surface area contributed by atoms with Crippen LogP contribution in [0.5, 0.6) is 0 Å². The molecule has 0 saturated carbocycles. The predicted molar refractivity (Wildman–Crippen MR) is 111 cm³/mol. The third-order valence-electron chi connectivity index (χ3n) is 3.13. The predicted octanol–water partition coefficient (Wildman–Crippen LogP) is 3.19. The van der Waals surface area contributed by atoms with Crippen LogP contribution in [0.2, 0.25) is 0 Å². The summed E-state index contributed by atoms with van der Waals surface area (Å²) in [5.41, 5.74) is 1.22. The summed E-state index contributed by atoms with van der Waals surface area (Å²) < 4.78 is 4.96. The topological polar surface area (TPSA) is 74.8 Å². The van der Waals surface area contributed by atoms with Crippen LogP contribution < -0.4 is 16.0 Å². The Balaban J connectivity index is 0.00000529. The highest BCUT2D eigenvalue weighted by molar-refractivity contribution is 14.0. The number of ether oxygens (including phenoxy) is 1. The molecule has 1 amide bonds. The Labute approximate surface area is 165 Å². The van der Waals surface area contributed by atoms with Crippen molar-refractivity contribution in [1.82, 2.24) is 16.0 Å². The molecule has 1 rings (SSSR count). The van der Waals surface area contributed by atoms with Crippen LogP contribution in [0.4, 0.5) is 4.79 Å². The Bertz CT molecular complexity index is 480. The zero-order valence-corrected chi connectivity index (χ0v) is 17.9. The highest BCUT2D eigenvalue weighted by Crippen LogP contribution is 2.06. The van der Waals surface area contributed by atoms with Gasteiger partial charge in [0.25, 0.3) is 0 Å². The first-order chi connectivity index (χ1) is 11.0. The molecule has 138 valence electrons. The van der Waals surface area contributed by atoms with Crippen LogP contribution in [0.25, 0.3) is 0 Å². The third-order valence-corrected chi connectivity index (χ3v) is 3.86. The number of aliphatic imine (C=N–C) groups is 1. The summed E-state index contributed by atoms with van der Waals surface area (Å²) in [6.07, 6.45) is 0.494. The van der Waals surface area contributed by atoms with Gasteiger partial charge in [-0.3, -0.25) is 4.99 Å². The molecule has 1 aromatic rings. The molecule has 0 aliphatic rings. The lowest BCUT2D eigenvalue weighted by atomic mass is 10.0. The van der Waals surface area contributed by atoms with E-state index in [0.717, 1.165) is 18.9 Å². The molecule has 0 saturated heterocycles. The molecule has 0 aromatic carbocycles. The highest BCUT2D eigenvalue weighted by Gasteiger charge is 2.15. The van der Waals surface area contributed by atoms with Gasteiger partial charge < -0.3 is 20.7 Å². The number of guanidine groups is 1. The molecule has 6 nitrogen and oxygen atoms in total. The van der Waals surface area contributed by atoms with Crippen LogP contribution >= 0.6 is 35.3 Å². The summed E-state index contributed by atoms with van der Waals surface area (Å²) in [6, 6.07) is 2.07. The average Bonchev–Trinajstić information content (AvgIpc) is 3.00. The molecule has 0 aliphatic heterocycles. The van der Waals surface area contributed by atoms with Crippen LogP contribution in [0, 0.1) is 5.92 Å². The Morgan fingerprint density at radius 1 is 1.38 bits per heavy atom. The van der Waals surface area contributed by atoms with E-state index in [4.69, 9.17) is 4.74 Å². The Hall–Kier alpha value is -1.03. The largest absolute Gasteiger partial charge is 0.450 e. The van der Waals surface area contributed by atoms with E-state index in [2.05, 4.69) is 51.6 Å². The lowest BCUT2D eigenvalue weighted by molar-refractivity contribution is 0.146. The van der Waals surface area contributed by atoms with Gasteiger partial charge in [-0.25, -0.2) is 4.79 Å². The van der Waals surface area contributed by atoms with E-state index >= 15 is 0 Å². The number of hydrogen-bond acceptors (Lipinski definition) is 4. The van der Waals surface area contributed by atoms with Crippen molar-refractivity contribution >= 4 is 47.4 Å². The molecule has 0 bridgehead atoms. The maximum Gasteiger partial charge on any atom is 0.407 e. The standard InChI is InChI=1S/C16H28N4O2S.HI/c1-5-22-16(21)20-14(8-12(2)3)10-19-15(17-4)18-9-13-6-7-23-11-13;/h6-7,11-12,14H,5,8-10H2,1-4H3,(H,20,21)(H2,17,18,19);1H. The average molecular weight is 468 g/mol. The van der Waals surface area contributed by atoms with E-state index in [9.17, 15) is 4.79 Å². The molecule has 1 aromatic heterocycles. The summed E-state index contributed by atoms with van der Waals surface area (Å²) in [6.45, 7) is 7.75. The molecule has 0 aliphatic carbocycles. The normalized spacial score (nSPS) is 12.3. The first kappa shape index (κ1) is 23.0. The maximum atomic E-state index is 11.6. The molecule has 3 N–H and O–H groups in total. The Morgan fingerprint density at radius 3 is 2.67 bits per heavy atom. The van der Waals surface area contributed by atoms with Crippen molar-refractivity contribution in [1.29, 1.82) is 0 Å².